The molecule has 1 aliphatic rings. The second-order valence-electron chi connectivity index (χ2n) is 5.76. The summed E-state index contributed by atoms with van der Waals surface area (Å²) in [6.45, 7) is 5.28. The molecule has 19 heavy (non-hydrogen) atoms. The maximum absolute atomic E-state index is 3.44. The van der Waals surface area contributed by atoms with E-state index in [1.54, 1.807) is 0 Å². The van der Waals surface area contributed by atoms with Crippen molar-refractivity contribution in [3.05, 3.63) is 35.4 Å². The third-order valence-corrected chi connectivity index (χ3v) is 4.30. The molecule has 0 heterocycles. The van der Waals surface area contributed by atoms with E-state index in [0.717, 1.165) is 25.7 Å². The second kappa shape index (κ2) is 7.66. The summed E-state index contributed by atoms with van der Waals surface area (Å²) in [6, 6.07) is 9.65. The maximum Gasteiger partial charge on any atom is 0.0236 e. The standard InChI is InChI=1S/C17H28N2/c1-3-18-13-15-9-7-8-10-16(15)14-19(2)17-11-5-4-6-12-17/h7-10,17-18H,3-6,11-14H2,1-2H3. The van der Waals surface area contributed by atoms with Gasteiger partial charge in [-0.25, -0.2) is 0 Å². The van der Waals surface area contributed by atoms with Crippen molar-refractivity contribution in [3.8, 4) is 0 Å². The fraction of sp³-hybridized carbons (Fsp3) is 0.647. The van der Waals surface area contributed by atoms with Gasteiger partial charge in [-0.2, -0.15) is 0 Å². The fourth-order valence-corrected chi connectivity index (χ4v) is 3.06. The number of hydrogen-bond donors (Lipinski definition) is 1. The van der Waals surface area contributed by atoms with E-state index in [1.807, 2.05) is 0 Å². The molecule has 0 unspecified atom stereocenters. The minimum Gasteiger partial charge on any atom is -0.313 e. The Morgan fingerprint density at radius 2 is 1.79 bits per heavy atom. The molecule has 0 spiro atoms. The fourth-order valence-electron chi connectivity index (χ4n) is 3.06. The van der Waals surface area contributed by atoms with Crippen LogP contribution in [0.25, 0.3) is 0 Å². The molecule has 1 aromatic rings. The largest absolute Gasteiger partial charge is 0.313 e. The van der Waals surface area contributed by atoms with Gasteiger partial charge < -0.3 is 5.32 Å². The van der Waals surface area contributed by atoms with E-state index in [9.17, 15) is 0 Å². The van der Waals surface area contributed by atoms with Gasteiger partial charge in [0.25, 0.3) is 0 Å². The van der Waals surface area contributed by atoms with E-state index in [-0.39, 0.29) is 0 Å². The van der Waals surface area contributed by atoms with Gasteiger partial charge in [-0.15, -0.1) is 0 Å². The highest BCUT2D eigenvalue weighted by molar-refractivity contribution is 5.27. The Morgan fingerprint density at radius 3 is 2.47 bits per heavy atom. The van der Waals surface area contributed by atoms with Gasteiger partial charge in [0, 0.05) is 19.1 Å². The van der Waals surface area contributed by atoms with E-state index in [1.165, 1.54) is 43.2 Å². The summed E-state index contributed by atoms with van der Waals surface area (Å²) in [6.07, 6.45) is 7.02. The van der Waals surface area contributed by atoms with Crippen LogP contribution in [-0.2, 0) is 13.1 Å². The number of nitrogens with one attached hydrogen (secondary N) is 1. The average Bonchev–Trinajstić information content (AvgIpc) is 2.47. The van der Waals surface area contributed by atoms with Crippen molar-refractivity contribution in [2.24, 2.45) is 0 Å². The van der Waals surface area contributed by atoms with Crippen molar-refractivity contribution < 1.29 is 0 Å². The number of rotatable bonds is 6. The molecule has 2 nitrogen and oxygen atoms in total. The van der Waals surface area contributed by atoms with E-state index in [0.29, 0.717) is 0 Å². The summed E-state index contributed by atoms with van der Waals surface area (Å²) in [5.41, 5.74) is 2.93. The summed E-state index contributed by atoms with van der Waals surface area (Å²) in [5.74, 6) is 0. The van der Waals surface area contributed by atoms with Gasteiger partial charge in [-0.1, -0.05) is 50.5 Å². The van der Waals surface area contributed by atoms with Gasteiger partial charge >= 0.3 is 0 Å². The van der Waals surface area contributed by atoms with E-state index < -0.39 is 0 Å². The Bertz CT molecular complexity index is 369. The Balaban J connectivity index is 1.96. The highest BCUT2D eigenvalue weighted by Crippen LogP contribution is 2.23. The number of hydrogen-bond acceptors (Lipinski definition) is 2. The quantitative estimate of drug-likeness (QED) is 0.841. The highest BCUT2D eigenvalue weighted by Gasteiger charge is 2.18. The van der Waals surface area contributed by atoms with Gasteiger partial charge in [0.1, 0.15) is 0 Å². The van der Waals surface area contributed by atoms with Crippen LogP contribution in [0.5, 0.6) is 0 Å². The second-order valence-corrected chi connectivity index (χ2v) is 5.76. The molecule has 1 saturated carbocycles. The normalized spacial score (nSPS) is 17.0. The first-order valence-electron chi connectivity index (χ1n) is 7.79. The van der Waals surface area contributed by atoms with Gasteiger partial charge in [-0.3, -0.25) is 4.90 Å². The Kier molecular flexibility index (Phi) is 5.87. The van der Waals surface area contributed by atoms with E-state index >= 15 is 0 Å². The minimum absolute atomic E-state index is 0.793. The van der Waals surface area contributed by atoms with Crippen molar-refractivity contribution in [2.75, 3.05) is 13.6 Å². The zero-order chi connectivity index (χ0) is 13.5. The molecule has 106 valence electrons. The molecule has 0 radical (unpaired) electrons. The molecular formula is C17H28N2. The molecule has 0 atom stereocenters. The zero-order valence-corrected chi connectivity index (χ0v) is 12.5. The van der Waals surface area contributed by atoms with Crippen LogP contribution in [0.3, 0.4) is 0 Å². The number of benzene rings is 1. The molecular weight excluding hydrogens is 232 g/mol. The van der Waals surface area contributed by atoms with Crippen LogP contribution in [0, 0.1) is 0 Å². The molecule has 0 amide bonds. The van der Waals surface area contributed by atoms with Crippen LogP contribution >= 0.6 is 0 Å². The summed E-state index contributed by atoms with van der Waals surface area (Å²) in [5, 5.41) is 3.44. The summed E-state index contributed by atoms with van der Waals surface area (Å²) < 4.78 is 0. The van der Waals surface area contributed by atoms with Crippen molar-refractivity contribution >= 4 is 0 Å². The molecule has 1 aromatic carbocycles. The molecule has 1 N–H and O–H groups in total. The molecule has 0 bridgehead atoms. The Hall–Kier alpha value is -0.860. The van der Waals surface area contributed by atoms with Crippen LogP contribution in [-0.4, -0.2) is 24.5 Å². The van der Waals surface area contributed by atoms with Crippen LogP contribution in [0.1, 0.15) is 50.2 Å². The van der Waals surface area contributed by atoms with Crippen molar-refractivity contribution in [3.63, 3.8) is 0 Å². The molecule has 2 heteroatoms. The van der Waals surface area contributed by atoms with Gasteiger partial charge in [0.05, 0.1) is 0 Å². The summed E-state index contributed by atoms with van der Waals surface area (Å²) >= 11 is 0. The van der Waals surface area contributed by atoms with Gasteiger partial charge in [0.2, 0.25) is 0 Å². The third-order valence-electron chi connectivity index (χ3n) is 4.30. The topological polar surface area (TPSA) is 15.3 Å². The van der Waals surface area contributed by atoms with Crippen molar-refractivity contribution in [1.82, 2.24) is 10.2 Å². The molecule has 1 aliphatic carbocycles. The van der Waals surface area contributed by atoms with Gasteiger partial charge in [-0.05, 0) is 37.6 Å². The molecule has 1 fully saturated rings. The lowest BCUT2D eigenvalue weighted by atomic mass is 9.94. The lowest BCUT2D eigenvalue weighted by Crippen LogP contribution is -2.33. The average molecular weight is 260 g/mol. The molecule has 0 aliphatic heterocycles. The Morgan fingerprint density at radius 1 is 1.11 bits per heavy atom. The molecule has 0 saturated heterocycles. The lowest BCUT2D eigenvalue weighted by Gasteiger charge is -2.31. The van der Waals surface area contributed by atoms with E-state index in [2.05, 4.69) is 48.5 Å². The Labute approximate surface area is 118 Å². The first-order valence-corrected chi connectivity index (χ1v) is 7.79. The smallest absolute Gasteiger partial charge is 0.0236 e. The van der Waals surface area contributed by atoms with Crippen LogP contribution in [0.4, 0.5) is 0 Å². The first-order chi connectivity index (χ1) is 9.31. The molecule has 0 aromatic heterocycles. The van der Waals surface area contributed by atoms with Crippen LogP contribution < -0.4 is 5.32 Å². The predicted molar refractivity (Wildman–Crippen MR) is 82.2 cm³/mol. The predicted octanol–water partition coefficient (Wildman–Crippen LogP) is 3.56. The molecule has 2 rings (SSSR count). The zero-order valence-electron chi connectivity index (χ0n) is 12.5. The van der Waals surface area contributed by atoms with Crippen LogP contribution in [0.2, 0.25) is 0 Å². The van der Waals surface area contributed by atoms with Crippen LogP contribution in [0.15, 0.2) is 24.3 Å². The van der Waals surface area contributed by atoms with Gasteiger partial charge in [0.15, 0.2) is 0 Å². The maximum atomic E-state index is 3.44. The van der Waals surface area contributed by atoms with E-state index in [4.69, 9.17) is 0 Å². The van der Waals surface area contributed by atoms with Crippen molar-refractivity contribution in [2.45, 2.75) is 58.2 Å². The summed E-state index contributed by atoms with van der Waals surface area (Å²) in [7, 11) is 2.29. The first kappa shape index (κ1) is 14.5. The highest BCUT2D eigenvalue weighted by atomic mass is 15.1. The number of nitrogens with zero attached hydrogens (tertiary/aromatic N) is 1. The third kappa shape index (κ3) is 4.32. The summed E-state index contributed by atoms with van der Waals surface area (Å²) in [4.78, 5) is 2.56. The SMILES string of the molecule is CCNCc1ccccc1CN(C)C1CCCCC1. The monoisotopic (exact) mass is 260 g/mol. The van der Waals surface area contributed by atoms with Crippen molar-refractivity contribution in [1.29, 1.82) is 0 Å². The lowest BCUT2D eigenvalue weighted by molar-refractivity contribution is 0.184. The minimum atomic E-state index is 0.793.